The number of aromatic nitrogens is 3. The number of rotatable bonds is 4. The fourth-order valence-electron chi connectivity index (χ4n) is 1.36. The van der Waals surface area contributed by atoms with E-state index < -0.39 is 10.7 Å². The fourth-order valence-corrected chi connectivity index (χ4v) is 2.42. The fraction of sp³-hybridized carbons (Fsp3) is 0.667. The van der Waals surface area contributed by atoms with E-state index in [0.717, 1.165) is 0 Å². The minimum absolute atomic E-state index is 0.218. The lowest BCUT2D eigenvalue weighted by Crippen LogP contribution is -2.37. The van der Waals surface area contributed by atoms with Crippen LogP contribution in [0, 0.1) is 0 Å². The van der Waals surface area contributed by atoms with Gasteiger partial charge in [-0.2, -0.15) is 4.68 Å². The number of hydrogen-bond donors (Lipinski definition) is 1. The summed E-state index contributed by atoms with van der Waals surface area (Å²) in [5.74, 6) is 0. The highest BCUT2D eigenvalue weighted by Crippen LogP contribution is 2.17. The highest BCUT2D eigenvalue weighted by atomic mass is 32.2. The van der Waals surface area contributed by atoms with E-state index in [9.17, 15) is 9.59 Å². The molecule has 0 bridgehead atoms. The van der Waals surface area contributed by atoms with Crippen molar-refractivity contribution in [1.29, 1.82) is 0 Å². The van der Waals surface area contributed by atoms with Gasteiger partial charge < -0.3 is 4.74 Å². The Balaban J connectivity index is 3.05. The zero-order chi connectivity index (χ0) is 16.2. The summed E-state index contributed by atoms with van der Waals surface area (Å²) < 4.78 is 6.20. The monoisotopic (exact) mass is 332 g/mol. The van der Waals surface area contributed by atoms with Crippen LogP contribution in [0.5, 0.6) is 0 Å². The molecule has 9 heteroatoms. The normalized spacial score (nSPS) is 11.6. The predicted molar refractivity (Wildman–Crippen MR) is 85.3 cm³/mol. The molecule has 0 aliphatic carbocycles. The summed E-state index contributed by atoms with van der Waals surface area (Å²) in [6.45, 7) is 9.14. The van der Waals surface area contributed by atoms with E-state index in [0.29, 0.717) is 22.8 Å². The van der Waals surface area contributed by atoms with Crippen LogP contribution in [0.2, 0.25) is 0 Å². The first-order chi connectivity index (χ1) is 9.66. The number of carbonyl (C=O) groups is 1. The van der Waals surface area contributed by atoms with Crippen LogP contribution in [-0.2, 0) is 10.2 Å². The lowest BCUT2D eigenvalue weighted by molar-refractivity contribution is 0.143. The molecule has 1 heterocycles. The van der Waals surface area contributed by atoms with Gasteiger partial charge in [0, 0.05) is 5.41 Å². The Morgan fingerprint density at radius 2 is 1.95 bits per heavy atom. The van der Waals surface area contributed by atoms with Gasteiger partial charge in [-0.05, 0) is 20.1 Å². The molecule has 21 heavy (non-hydrogen) atoms. The van der Waals surface area contributed by atoms with Gasteiger partial charge in [-0.3, -0.25) is 9.63 Å². The lowest BCUT2D eigenvalue weighted by Gasteiger charge is -2.18. The van der Waals surface area contributed by atoms with Crippen LogP contribution in [-0.4, -0.2) is 32.5 Å². The molecule has 0 unspecified atom stereocenters. The Hall–Kier alpha value is -1.22. The molecular weight excluding hydrogens is 312 g/mol. The van der Waals surface area contributed by atoms with Crippen molar-refractivity contribution < 1.29 is 9.53 Å². The summed E-state index contributed by atoms with van der Waals surface area (Å²) >= 11 is 1.95. The lowest BCUT2D eigenvalue weighted by atomic mass is 9.93. The summed E-state index contributed by atoms with van der Waals surface area (Å²) in [6, 6.07) is 0. The van der Waals surface area contributed by atoms with E-state index in [-0.39, 0.29) is 11.7 Å². The van der Waals surface area contributed by atoms with Crippen LogP contribution in [0.25, 0.3) is 0 Å². The van der Waals surface area contributed by atoms with Gasteiger partial charge in [0.05, 0.1) is 18.1 Å². The number of hydrogen-bond acceptors (Lipinski definition) is 8. The highest BCUT2D eigenvalue weighted by Gasteiger charge is 2.23. The van der Waals surface area contributed by atoms with Crippen molar-refractivity contribution >= 4 is 29.0 Å². The molecule has 0 aromatic carbocycles. The van der Waals surface area contributed by atoms with E-state index in [1.807, 2.05) is 20.8 Å². The molecule has 1 N–H and O–H groups in total. The molecule has 0 aliphatic rings. The molecule has 0 aliphatic heterocycles. The number of thioether (sulfide) groups is 1. The molecule has 1 rings (SSSR count). The molecule has 1 aromatic rings. The first-order valence-electron chi connectivity index (χ1n) is 6.34. The molecule has 7 nitrogen and oxygen atoms in total. The molecule has 118 valence electrons. The predicted octanol–water partition coefficient (Wildman–Crippen LogP) is 2.39. The minimum atomic E-state index is -0.516. The third kappa shape index (κ3) is 4.92. The summed E-state index contributed by atoms with van der Waals surface area (Å²) in [4.78, 5) is 26.7. The molecule has 0 amide bonds. The maximum absolute atomic E-state index is 12.4. The van der Waals surface area contributed by atoms with E-state index in [2.05, 4.69) is 15.0 Å². The second-order valence-corrected chi connectivity index (χ2v) is 7.03. The van der Waals surface area contributed by atoms with Crippen molar-refractivity contribution in [2.45, 2.75) is 51.3 Å². The van der Waals surface area contributed by atoms with Crippen molar-refractivity contribution in [3.8, 4) is 0 Å². The van der Waals surface area contributed by atoms with Gasteiger partial charge in [-0.15, -0.1) is 10.2 Å². The quantitative estimate of drug-likeness (QED) is 0.511. The van der Waals surface area contributed by atoms with Crippen LogP contribution in [0.1, 0.15) is 40.3 Å². The number of nitrogens with zero attached hydrogens (tertiary/aromatic N) is 3. The third-order valence-corrected chi connectivity index (χ3v) is 3.44. The van der Waals surface area contributed by atoms with E-state index in [1.165, 1.54) is 16.4 Å². The van der Waals surface area contributed by atoms with Gasteiger partial charge in [0.2, 0.25) is 5.16 Å². The molecule has 0 atom stereocenters. The molecule has 1 aromatic heterocycles. The second kappa shape index (κ2) is 7.17. The first kappa shape index (κ1) is 17.8. The number of carbonyl (C=O) groups excluding carboxylic acids is 1. The summed E-state index contributed by atoms with van der Waals surface area (Å²) in [7, 11) is 0. The van der Waals surface area contributed by atoms with E-state index >= 15 is 0 Å². The van der Waals surface area contributed by atoms with Gasteiger partial charge in [-0.25, -0.2) is 4.79 Å². The van der Waals surface area contributed by atoms with Crippen molar-refractivity contribution in [3.05, 3.63) is 16.0 Å². The maximum Gasteiger partial charge on any atom is 0.389 e. The van der Waals surface area contributed by atoms with Gasteiger partial charge in [0.1, 0.15) is 5.69 Å². The zero-order valence-corrected chi connectivity index (χ0v) is 14.6. The third-order valence-electron chi connectivity index (χ3n) is 2.28. The Kier molecular flexibility index (Phi) is 6.09. The zero-order valence-electron chi connectivity index (χ0n) is 13.0. The largest absolute Gasteiger partial charge is 0.454 e. The topological polar surface area (TPSA) is 86.1 Å². The van der Waals surface area contributed by atoms with Gasteiger partial charge in [-0.1, -0.05) is 32.5 Å². The molecular formula is C12H20N4O3S2. The van der Waals surface area contributed by atoms with Crippen LogP contribution in [0.15, 0.2) is 9.95 Å². The first-order valence-corrected chi connectivity index (χ1v) is 8.38. The maximum atomic E-state index is 12.4. The van der Waals surface area contributed by atoms with Gasteiger partial charge >= 0.3 is 5.30 Å². The van der Waals surface area contributed by atoms with Gasteiger partial charge in [0.25, 0.3) is 5.56 Å². The van der Waals surface area contributed by atoms with Crippen molar-refractivity contribution in [2.24, 2.45) is 0 Å². The molecule has 0 fully saturated rings. The van der Waals surface area contributed by atoms with Crippen molar-refractivity contribution in [3.63, 3.8) is 0 Å². The summed E-state index contributed by atoms with van der Waals surface area (Å²) in [5.41, 5.74) is -0.439. The molecule has 0 spiro atoms. The van der Waals surface area contributed by atoms with Crippen LogP contribution in [0.4, 0.5) is 4.79 Å². The van der Waals surface area contributed by atoms with Crippen molar-refractivity contribution in [1.82, 2.24) is 14.9 Å². The Morgan fingerprint density at radius 3 is 2.43 bits per heavy atom. The summed E-state index contributed by atoms with van der Waals surface area (Å²) in [5, 5.41) is 7.86. The smallest absolute Gasteiger partial charge is 0.389 e. The second-order valence-electron chi connectivity index (χ2n) is 5.54. The Bertz CT molecular complexity index is 567. The van der Waals surface area contributed by atoms with Crippen molar-refractivity contribution in [2.75, 3.05) is 11.1 Å². The molecule has 0 saturated carbocycles. The Labute approximate surface area is 132 Å². The number of nitrogens with one attached hydrogen (secondary N) is 1. The molecule has 0 saturated heterocycles. The Morgan fingerprint density at radius 1 is 1.33 bits per heavy atom. The minimum Gasteiger partial charge on any atom is -0.454 e. The highest BCUT2D eigenvalue weighted by molar-refractivity contribution is 8.14. The SMILES string of the molecule is CSc1nnc(C(C)(C)C)c(=O)n1NSC(=O)OC(C)C. The van der Waals surface area contributed by atoms with Crippen LogP contribution in [0.3, 0.4) is 0 Å². The average molecular weight is 332 g/mol. The summed E-state index contributed by atoms with van der Waals surface area (Å²) in [6.07, 6.45) is 1.56. The standard InChI is InChI=1S/C12H20N4O3S2/c1-7(2)19-11(18)21-15-16-9(17)8(12(3,4)5)13-14-10(16)20-6/h7,15H,1-6H3. The van der Waals surface area contributed by atoms with Crippen LogP contribution >= 0.6 is 23.7 Å². The average Bonchev–Trinajstić information content (AvgIpc) is 2.34. The molecule has 0 radical (unpaired) electrons. The van der Waals surface area contributed by atoms with Crippen LogP contribution < -0.4 is 10.4 Å². The van der Waals surface area contributed by atoms with E-state index in [4.69, 9.17) is 4.74 Å². The number of ether oxygens (including phenoxy) is 1. The van der Waals surface area contributed by atoms with E-state index in [1.54, 1.807) is 20.1 Å². The van der Waals surface area contributed by atoms with Gasteiger partial charge in [0.15, 0.2) is 0 Å².